The molecule has 1 aliphatic heterocycles. The van der Waals surface area contributed by atoms with Crippen LogP contribution in [0.5, 0.6) is 0 Å². The molecule has 1 aromatic carbocycles. The van der Waals surface area contributed by atoms with Crippen molar-refractivity contribution in [3.63, 3.8) is 0 Å². The van der Waals surface area contributed by atoms with Crippen LogP contribution < -0.4 is 4.90 Å². The molecule has 0 saturated carbocycles. The number of aryl methyl sites for hydroxylation is 1. The molecule has 0 spiro atoms. The average Bonchev–Trinajstić information content (AvgIpc) is 2.97. The molecule has 3 rings (SSSR count). The van der Waals surface area contributed by atoms with Gasteiger partial charge in [0.25, 0.3) is 0 Å². The lowest BCUT2D eigenvalue weighted by atomic mass is 10.1. The van der Waals surface area contributed by atoms with E-state index in [9.17, 15) is 4.79 Å². The summed E-state index contributed by atoms with van der Waals surface area (Å²) in [5.74, 6) is 0.694. The second-order valence-electron chi connectivity index (χ2n) is 6.20. The molecule has 1 aromatic heterocycles. The van der Waals surface area contributed by atoms with Gasteiger partial charge < -0.3 is 4.90 Å². The number of amides is 2. The summed E-state index contributed by atoms with van der Waals surface area (Å²) >= 11 is 0. The highest BCUT2D eigenvalue weighted by atomic mass is 16.2. The van der Waals surface area contributed by atoms with Crippen molar-refractivity contribution >= 4 is 17.4 Å². The third-order valence-electron chi connectivity index (χ3n) is 4.44. The zero-order chi connectivity index (χ0) is 17.8. The van der Waals surface area contributed by atoms with Crippen molar-refractivity contribution in [1.29, 1.82) is 0 Å². The summed E-state index contributed by atoms with van der Waals surface area (Å²) in [5, 5.41) is 0. The van der Waals surface area contributed by atoms with Crippen LogP contribution in [0.1, 0.15) is 23.6 Å². The van der Waals surface area contributed by atoms with Crippen LogP contribution in [0.4, 0.5) is 10.6 Å². The van der Waals surface area contributed by atoms with Gasteiger partial charge in [0.05, 0.1) is 0 Å². The predicted molar refractivity (Wildman–Crippen MR) is 102 cm³/mol. The van der Waals surface area contributed by atoms with E-state index in [1.807, 2.05) is 36.1 Å². The Morgan fingerprint density at radius 1 is 1.28 bits per heavy atom. The molecule has 2 aromatic rings. The largest absolute Gasteiger partial charge is 0.326 e. The lowest BCUT2D eigenvalue weighted by Gasteiger charge is -2.18. The van der Waals surface area contributed by atoms with Gasteiger partial charge in [0.1, 0.15) is 5.82 Å². The summed E-state index contributed by atoms with van der Waals surface area (Å²) < 4.78 is 0. The van der Waals surface area contributed by atoms with Gasteiger partial charge in [0.2, 0.25) is 0 Å². The number of aromatic nitrogens is 1. The Morgan fingerprint density at radius 3 is 2.76 bits per heavy atom. The Labute approximate surface area is 149 Å². The van der Waals surface area contributed by atoms with E-state index in [1.165, 1.54) is 5.56 Å². The van der Waals surface area contributed by atoms with E-state index in [2.05, 4.69) is 36.7 Å². The van der Waals surface area contributed by atoms with Crippen LogP contribution >= 0.6 is 0 Å². The Morgan fingerprint density at radius 2 is 2.12 bits per heavy atom. The fourth-order valence-corrected chi connectivity index (χ4v) is 3.09. The zero-order valence-electron chi connectivity index (χ0n) is 14.8. The van der Waals surface area contributed by atoms with Gasteiger partial charge in [-0.25, -0.2) is 9.78 Å². The maximum Gasteiger partial charge on any atom is 0.326 e. The average molecular weight is 333 g/mol. The highest BCUT2D eigenvalue weighted by Crippen LogP contribution is 2.22. The molecule has 1 aliphatic rings. The maximum atomic E-state index is 12.7. The van der Waals surface area contributed by atoms with Crippen molar-refractivity contribution in [2.24, 2.45) is 0 Å². The quantitative estimate of drug-likeness (QED) is 0.759. The van der Waals surface area contributed by atoms with Gasteiger partial charge in [-0.3, -0.25) is 4.90 Å². The van der Waals surface area contributed by atoms with Crippen molar-refractivity contribution in [1.82, 2.24) is 9.88 Å². The van der Waals surface area contributed by atoms with Gasteiger partial charge >= 0.3 is 6.03 Å². The van der Waals surface area contributed by atoms with Gasteiger partial charge in [-0.05, 0) is 42.7 Å². The Kier molecular flexibility index (Phi) is 4.98. The van der Waals surface area contributed by atoms with Crippen LogP contribution in [0, 0.1) is 6.92 Å². The summed E-state index contributed by atoms with van der Waals surface area (Å²) in [6.45, 7) is 9.85. The first-order chi connectivity index (χ1) is 12.1. The fourth-order valence-electron chi connectivity index (χ4n) is 3.09. The van der Waals surface area contributed by atoms with E-state index in [-0.39, 0.29) is 6.03 Å². The number of rotatable bonds is 5. The van der Waals surface area contributed by atoms with Gasteiger partial charge in [0.15, 0.2) is 0 Å². The molecule has 2 heterocycles. The molecule has 0 N–H and O–H groups in total. The number of hydrogen-bond acceptors (Lipinski definition) is 2. The smallest absolute Gasteiger partial charge is 0.318 e. The minimum absolute atomic E-state index is 0.0109. The van der Waals surface area contributed by atoms with E-state index in [4.69, 9.17) is 0 Å². The first kappa shape index (κ1) is 17.0. The maximum absolute atomic E-state index is 12.7. The third-order valence-corrected chi connectivity index (χ3v) is 4.44. The van der Waals surface area contributed by atoms with Crippen LogP contribution in [0.15, 0.2) is 61.3 Å². The Balaban J connectivity index is 1.72. The molecule has 0 unspecified atom stereocenters. The molecule has 1 saturated heterocycles. The van der Waals surface area contributed by atoms with Crippen molar-refractivity contribution in [3.05, 3.63) is 78.0 Å². The summed E-state index contributed by atoms with van der Waals surface area (Å²) in [4.78, 5) is 20.8. The number of carbonyl (C=O) groups excluding carboxylic acids is 1. The molecule has 128 valence electrons. The molecule has 0 aliphatic carbocycles. The van der Waals surface area contributed by atoms with Crippen LogP contribution in [0.2, 0.25) is 0 Å². The first-order valence-corrected chi connectivity index (χ1v) is 8.49. The number of allylic oxidation sites excluding steroid dienone is 3. The number of urea groups is 1. The Hall–Kier alpha value is -2.88. The summed E-state index contributed by atoms with van der Waals surface area (Å²) in [6, 6.07) is 12.2. The van der Waals surface area contributed by atoms with E-state index >= 15 is 0 Å². The lowest BCUT2D eigenvalue weighted by Crippen LogP contribution is -2.31. The number of carbonyl (C=O) groups is 1. The highest BCUT2D eigenvalue weighted by Gasteiger charge is 2.30. The van der Waals surface area contributed by atoms with Gasteiger partial charge in [0, 0.05) is 25.8 Å². The van der Waals surface area contributed by atoms with Crippen LogP contribution in [0.3, 0.4) is 0 Å². The predicted octanol–water partition coefficient (Wildman–Crippen LogP) is 4.42. The molecular formula is C21H23N3O. The van der Waals surface area contributed by atoms with E-state index in [0.717, 1.165) is 16.7 Å². The highest BCUT2D eigenvalue weighted by molar-refractivity contribution is 5.93. The molecule has 2 amide bonds. The molecule has 4 heteroatoms. The molecule has 0 bridgehead atoms. The van der Waals surface area contributed by atoms with Crippen LogP contribution in [-0.2, 0) is 6.54 Å². The lowest BCUT2D eigenvalue weighted by molar-refractivity contribution is 0.218. The van der Waals surface area contributed by atoms with Gasteiger partial charge in [-0.2, -0.15) is 0 Å². The minimum Gasteiger partial charge on any atom is -0.318 e. The number of nitrogens with zero attached hydrogens (tertiary/aromatic N) is 3. The topological polar surface area (TPSA) is 36.4 Å². The molecule has 4 nitrogen and oxygen atoms in total. The normalized spacial score (nSPS) is 15.0. The van der Waals surface area contributed by atoms with E-state index in [0.29, 0.717) is 25.5 Å². The third kappa shape index (κ3) is 3.63. The molecular weight excluding hydrogens is 310 g/mol. The van der Waals surface area contributed by atoms with Gasteiger partial charge in [-0.1, -0.05) is 48.6 Å². The first-order valence-electron chi connectivity index (χ1n) is 8.49. The molecule has 0 radical (unpaired) electrons. The second kappa shape index (κ2) is 7.34. The van der Waals surface area contributed by atoms with Crippen molar-refractivity contribution in [2.75, 3.05) is 18.0 Å². The number of benzene rings is 1. The number of hydrogen-bond donors (Lipinski definition) is 0. The zero-order valence-corrected chi connectivity index (χ0v) is 14.8. The second-order valence-corrected chi connectivity index (χ2v) is 6.20. The minimum atomic E-state index is 0.0109. The van der Waals surface area contributed by atoms with E-state index in [1.54, 1.807) is 17.2 Å². The van der Waals surface area contributed by atoms with Crippen LogP contribution in [-0.4, -0.2) is 29.0 Å². The monoisotopic (exact) mass is 333 g/mol. The number of pyridine rings is 1. The van der Waals surface area contributed by atoms with Crippen molar-refractivity contribution < 1.29 is 4.79 Å². The molecule has 0 atom stereocenters. The van der Waals surface area contributed by atoms with Gasteiger partial charge in [-0.15, -0.1) is 0 Å². The van der Waals surface area contributed by atoms with Crippen molar-refractivity contribution in [2.45, 2.75) is 20.4 Å². The Bertz CT molecular complexity index is 808. The number of anilines is 1. The summed E-state index contributed by atoms with van der Waals surface area (Å²) in [7, 11) is 0. The van der Waals surface area contributed by atoms with Crippen molar-refractivity contribution in [3.8, 4) is 0 Å². The SMILES string of the molecule is C=C/C(=C\C)c1ccc(N2CCN(Cc3cccc(C)c3)C2=O)nc1. The fraction of sp³-hybridized carbons (Fsp3) is 0.238. The standard InChI is InChI=1S/C21H23N3O/c1-4-18(5-2)19-9-10-20(22-14-19)24-12-11-23(21(24)25)15-17-8-6-7-16(3)13-17/h4-10,13-14H,1,11-12,15H2,2-3H3/b18-5+. The van der Waals surface area contributed by atoms with Crippen LogP contribution in [0.25, 0.3) is 5.57 Å². The summed E-state index contributed by atoms with van der Waals surface area (Å²) in [5.41, 5.74) is 4.40. The molecule has 25 heavy (non-hydrogen) atoms. The van der Waals surface area contributed by atoms with E-state index < -0.39 is 0 Å². The summed E-state index contributed by atoms with van der Waals surface area (Å²) in [6.07, 6.45) is 5.60. The molecule has 1 fully saturated rings.